The zero-order chi connectivity index (χ0) is 27.6. The number of hydrogen-bond acceptors (Lipinski definition) is 6. The fourth-order valence-electron chi connectivity index (χ4n) is 4.14. The van der Waals surface area contributed by atoms with E-state index in [1.807, 2.05) is 18.2 Å². The molecule has 1 amide bonds. The number of nitrogens with one attached hydrogen (secondary N) is 2. The molecule has 0 saturated heterocycles. The lowest BCUT2D eigenvalue weighted by Crippen LogP contribution is -2.26. The molecule has 0 radical (unpaired) electrons. The topological polar surface area (TPSA) is 79.4 Å². The SMILES string of the molecule is CCCCN(CC=CC(=O)Nc1cc2c(Nc3ccc(F)c(Cl)c3)ncnc2cc1OCC1CC1)CCCC. The van der Waals surface area contributed by atoms with Gasteiger partial charge < -0.3 is 15.4 Å². The van der Waals surface area contributed by atoms with Crippen LogP contribution in [0.1, 0.15) is 52.4 Å². The predicted octanol–water partition coefficient (Wildman–Crippen LogP) is 7.35. The molecule has 0 atom stereocenters. The second kappa shape index (κ2) is 14.2. The number of fused-ring (bicyclic) bond motifs is 1. The third-order valence-corrected chi connectivity index (χ3v) is 6.93. The molecule has 1 heterocycles. The summed E-state index contributed by atoms with van der Waals surface area (Å²) in [6, 6.07) is 8.00. The van der Waals surface area contributed by atoms with Crippen LogP contribution in [0.5, 0.6) is 5.75 Å². The van der Waals surface area contributed by atoms with Gasteiger partial charge in [0.2, 0.25) is 5.91 Å². The number of nitrogens with zero attached hydrogens (tertiary/aromatic N) is 3. The third-order valence-electron chi connectivity index (χ3n) is 6.64. The zero-order valence-electron chi connectivity index (χ0n) is 22.7. The van der Waals surface area contributed by atoms with Gasteiger partial charge in [-0.3, -0.25) is 9.69 Å². The summed E-state index contributed by atoms with van der Waals surface area (Å²) in [5.41, 5.74) is 1.78. The summed E-state index contributed by atoms with van der Waals surface area (Å²) in [7, 11) is 0. The standard InChI is InChI=1S/C30H37ClFN5O2/c1-3-5-13-37(14-6-4-2)15-7-8-29(38)36-27-17-23-26(18-28(27)39-19-21-9-10-21)33-20-34-30(23)35-22-11-12-25(32)24(31)16-22/h7-8,11-12,16-18,20-21H,3-6,9-10,13-15,19H2,1-2H3,(H,36,38)(H,33,34,35). The number of unbranched alkanes of at least 4 members (excludes halogenated alkanes) is 2. The number of amides is 1. The van der Waals surface area contributed by atoms with Crippen molar-refractivity contribution in [3.05, 3.63) is 59.7 Å². The van der Waals surface area contributed by atoms with E-state index in [1.165, 1.54) is 18.5 Å². The minimum atomic E-state index is -0.496. The number of aromatic nitrogens is 2. The fourth-order valence-corrected chi connectivity index (χ4v) is 4.32. The number of anilines is 3. The van der Waals surface area contributed by atoms with E-state index in [1.54, 1.807) is 12.1 Å². The first-order valence-electron chi connectivity index (χ1n) is 13.8. The molecular formula is C30H37ClFN5O2. The van der Waals surface area contributed by atoms with Crippen molar-refractivity contribution in [2.45, 2.75) is 52.4 Å². The van der Waals surface area contributed by atoms with Gasteiger partial charge in [-0.25, -0.2) is 14.4 Å². The van der Waals surface area contributed by atoms with E-state index in [9.17, 15) is 9.18 Å². The van der Waals surface area contributed by atoms with Gasteiger partial charge in [-0.05, 0) is 69.0 Å². The summed E-state index contributed by atoms with van der Waals surface area (Å²) in [4.78, 5) is 24.1. The Morgan fingerprint density at radius 2 is 1.92 bits per heavy atom. The second-order valence-corrected chi connectivity index (χ2v) is 10.4. The lowest BCUT2D eigenvalue weighted by Gasteiger charge is -2.20. The van der Waals surface area contributed by atoms with Gasteiger partial charge in [0.05, 0.1) is 22.8 Å². The van der Waals surface area contributed by atoms with Gasteiger partial charge in [0.1, 0.15) is 23.7 Å². The molecule has 0 aliphatic heterocycles. The van der Waals surface area contributed by atoms with Crippen molar-refractivity contribution in [1.82, 2.24) is 14.9 Å². The zero-order valence-corrected chi connectivity index (χ0v) is 23.4. The highest BCUT2D eigenvalue weighted by molar-refractivity contribution is 6.31. The Labute approximate surface area is 234 Å². The minimum absolute atomic E-state index is 0.0109. The van der Waals surface area contributed by atoms with Crippen LogP contribution in [0.3, 0.4) is 0 Å². The molecule has 0 unspecified atom stereocenters. The molecule has 0 bridgehead atoms. The van der Waals surface area contributed by atoms with E-state index in [2.05, 4.69) is 39.3 Å². The quantitative estimate of drug-likeness (QED) is 0.191. The second-order valence-electron chi connectivity index (χ2n) is 10.00. The normalized spacial score (nSPS) is 13.4. The van der Waals surface area contributed by atoms with Crippen LogP contribution in [0.4, 0.5) is 21.6 Å². The highest BCUT2D eigenvalue weighted by atomic mass is 35.5. The summed E-state index contributed by atoms with van der Waals surface area (Å²) >= 11 is 5.96. The Kier molecular flexibility index (Phi) is 10.5. The molecule has 4 rings (SSSR count). The summed E-state index contributed by atoms with van der Waals surface area (Å²) in [6.07, 6.45) is 11.8. The Morgan fingerprint density at radius 1 is 1.15 bits per heavy atom. The van der Waals surface area contributed by atoms with Gasteiger partial charge in [0.25, 0.3) is 0 Å². The van der Waals surface area contributed by atoms with E-state index in [0.717, 1.165) is 58.2 Å². The van der Waals surface area contributed by atoms with E-state index < -0.39 is 5.82 Å². The summed E-state index contributed by atoms with van der Waals surface area (Å²) in [6.45, 7) is 7.77. The van der Waals surface area contributed by atoms with Crippen molar-refractivity contribution in [3.8, 4) is 5.75 Å². The third kappa shape index (κ3) is 8.63. The van der Waals surface area contributed by atoms with E-state index in [4.69, 9.17) is 16.3 Å². The Balaban J connectivity index is 1.54. The molecular weight excluding hydrogens is 517 g/mol. The Hall–Kier alpha value is -3.23. The number of rotatable bonds is 15. The van der Waals surface area contributed by atoms with Gasteiger partial charge in [0.15, 0.2) is 0 Å². The first-order valence-corrected chi connectivity index (χ1v) is 14.2. The summed E-state index contributed by atoms with van der Waals surface area (Å²) in [5, 5.41) is 6.86. The largest absolute Gasteiger partial charge is 0.491 e. The van der Waals surface area contributed by atoms with Crippen LogP contribution in [-0.2, 0) is 4.79 Å². The van der Waals surface area contributed by atoms with Crippen molar-refractivity contribution in [1.29, 1.82) is 0 Å². The highest BCUT2D eigenvalue weighted by Crippen LogP contribution is 2.36. The highest BCUT2D eigenvalue weighted by Gasteiger charge is 2.23. The van der Waals surface area contributed by atoms with E-state index >= 15 is 0 Å². The number of hydrogen-bond donors (Lipinski definition) is 2. The fraction of sp³-hybridized carbons (Fsp3) is 0.433. The van der Waals surface area contributed by atoms with Gasteiger partial charge in [-0.1, -0.05) is 44.4 Å². The van der Waals surface area contributed by atoms with Gasteiger partial charge >= 0.3 is 0 Å². The molecule has 2 aromatic carbocycles. The van der Waals surface area contributed by atoms with Crippen molar-refractivity contribution >= 4 is 45.6 Å². The van der Waals surface area contributed by atoms with Gasteiger partial charge in [-0.2, -0.15) is 0 Å². The van der Waals surface area contributed by atoms with Crippen molar-refractivity contribution in [2.75, 3.05) is 36.9 Å². The maximum absolute atomic E-state index is 13.6. The summed E-state index contributed by atoms with van der Waals surface area (Å²) in [5.74, 6) is 0.896. The number of halogens is 2. The molecule has 0 spiro atoms. The van der Waals surface area contributed by atoms with Crippen molar-refractivity contribution in [2.24, 2.45) is 5.92 Å². The van der Waals surface area contributed by atoms with Crippen LogP contribution in [0.2, 0.25) is 5.02 Å². The van der Waals surface area contributed by atoms with E-state index in [-0.39, 0.29) is 10.9 Å². The molecule has 1 aliphatic carbocycles. The van der Waals surface area contributed by atoms with Crippen molar-refractivity contribution in [3.63, 3.8) is 0 Å². The molecule has 1 saturated carbocycles. The average Bonchev–Trinajstić information content (AvgIpc) is 3.76. The van der Waals surface area contributed by atoms with Gasteiger partial charge in [-0.15, -0.1) is 0 Å². The molecule has 9 heteroatoms. The van der Waals surface area contributed by atoms with E-state index in [0.29, 0.717) is 46.4 Å². The predicted molar refractivity (Wildman–Crippen MR) is 156 cm³/mol. The first-order chi connectivity index (χ1) is 19.0. The van der Waals surface area contributed by atoms with Crippen LogP contribution in [0, 0.1) is 11.7 Å². The Bertz CT molecular complexity index is 1290. The maximum Gasteiger partial charge on any atom is 0.248 e. The van der Waals surface area contributed by atoms with Crippen LogP contribution in [0.15, 0.2) is 48.8 Å². The van der Waals surface area contributed by atoms with Crippen LogP contribution in [0.25, 0.3) is 10.9 Å². The Morgan fingerprint density at radius 3 is 2.62 bits per heavy atom. The molecule has 1 aliphatic rings. The molecule has 1 fully saturated rings. The smallest absolute Gasteiger partial charge is 0.248 e. The van der Waals surface area contributed by atoms with Crippen LogP contribution < -0.4 is 15.4 Å². The molecule has 39 heavy (non-hydrogen) atoms. The number of carbonyl (C=O) groups is 1. The van der Waals surface area contributed by atoms with Crippen molar-refractivity contribution < 1.29 is 13.9 Å². The molecule has 3 aromatic rings. The lowest BCUT2D eigenvalue weighted by molar-refractivity contribution is -0.111. The number of benzene rings is 2. The minimum Gasteiger partial charge on any atom is -0.491 e. The molecule has 208 valence electrons. The average molecular weight is 554 g/mol. The summed E-state index contributed by atoms with van der Waals surface area (Å²) < 4.78 is 19.7. The first kappa shape index (κ1) is 28.8. The lowest BCUT2D eigenvalue weighted by atomic mass is 10.1. The molecule has 1 aromatic heterocycles. The maximum atomic E-state index is 13.6. The number of ether oxygens (including phenoxy) is 1. The van der Waals surface area contributed by atoms with Gasteiger partial charge in [0, 0.05) is 29.8 Å². The van der Waals surface area contributed by atoms with Crippen LogP contribution >= 0.6 is 11.6 Å². The molecule has 2 N–H and O–H groups in total. The number of carbonyl (C=O) groups excluding carboxylic acids is 1. The monoisotopic (exact) mass is 553 g/mol. The van der Waals surface area contributed by atoms with Crippen LogP contribution in [-0.4, -0.2) is 47.0 Å². The molecule has 7 nitrogen and oxygen atoms in total.